The van der Waals surface area contributed by atoms with E-state index in [0.717, 1.165) is 37.8 Å². The molecular formula is C26H29F3N6O3. The van der Waals surface area contributed by atoms with E-state index in [-0.39, 0.29) is 23.8 Å². The summed E-state index contributed by atoms with van der Waals surface area (Å²) >= 11 is 0. The lowest BCUT2D eigenvalue weighted by Crippen LogP contribution is -2.49. The molecule has 0 bridgehead atoms. The molecule has 2 unspecified atom stereocenters. The summed E-state index contributed by atoms with van der Waals surface area (Å²) in [5, 5.41) is 7.73. The van der Waals surface area contributed by atoms with E-state index in [2.05, 4.69) is 15.4 Å². The number of carbonyl (C=O) groups excluding carboxylic acids is 2. The number of amides is 2. The number of pyridine rings is 1. The first-order chi connectivity index (χ1) is 18.1. The number of nitrogen functional groups attached to an aromatic ring is 1. The Hall–Kier alpha value is -3.67. The third kappa shape index (κ3) is 5.04. The number of fused-ring (bicyclic) bond motifs is 1. The second-order valence-corrected chi connectivity index (χ2v) is 9.80. The van der Waals surface area contributed by atoms with E-state index in [1.165, 1.54) is 23.2 Å². The van der Waals surface area contributed by atoms with Gasteiger partial charge in [0.2, 0.25) is 0 Å². The van der Waals surface area contributed by atoms with Crippen LogP contribution in [-0.4, -0.2) is 44.1 Å². The first-order valence-electron chi connectivity index (χ1n) is 12.7. The van der Waals surface area contributed by atoms with Gasteiger partial charge >= 0.3 is 18.0 Å². The number of hydrogen-bond donors (Lipinski definition) is 2. The van der Waals surface area contributed by atoms with Gasteiger partial charge in [-0.2, -0.15) is 18.3 Å². The van der Waals surface area contributed by atoms with Gasteiger partial charge in [0.25, 0.3) is 0 Å². The Morgan fingerprint density at radius 3 is 2.50 bits per heavy atom. The van der Waals surface area contributed by atoms with Crippen molar-refractivity contribution >= 4 is 34.2 Å². The maximum Gasteiger partial charge on any atom is 0.416 e. The van der Waals surface area contributed by atoms with Crippen molar-refractivity contribution in [2.45, 2.75) is 69.9 Å². The summed E-state index contributed by atoms with van der Waals surface area (Å²) < 4.78 is 46.5. The van der Waals surface area contributed by atoms with E-state index in [1.807, 2.05) is 0 Å². The summed E-state index contributed by atoms with van der Waals surface area (Å²) in [6.45, 7) is 2.34. The van der Waals surface area contributed by atoms with Gasteiger partial charge in [0, 0.05) is 18.8 Å². The minimum Gasteiger partial charge on any atom is -0.383 e. The molecule has 5 rings (SSSR count). The molecule has 2 fully saturated rings. The lowest BCUT2D eigenvalue weighted by molar-refractivity contribution is -0.148. The van der Waals surface area contributed by atoms with Crippen molar-refractivity contribution in [2.75, 3.05) is 17.7 Å². The summed E-state index contributed by atoms with van der Waals surface area (Å²) in [5.41, 5.74) is 6.41. The van der Waals surface area contributed by atoms with Crippen molar-refractivity contribution in [1.29, 1.82) is 0 Å². The number of nitrogens with one attached hydrogen (secondary N) is 1. The normalized spacial score (nSPS) is 19.1. The highest BCUT2D eigenvalue weighted by atomic mass is 19.4. The van der Waals surface area contributed by atoms with Crippen LogP contribution < -0.4 is 11.1 Å². The molecule has 2 aromatic heterocycles. The smallest absolute Gasteiger partial charge is 0.383 e. The molecule has 2 aliphatic rings. The Labute approximate surface area is 217 Å². The number of aromatic nitrogens is 3. The molecule has 3 heterocycles. The zero-order valence-electron chi connectivity index (χ0n) is 20.9. The number of alkyl halides is 3. The molecule has 202 valence electrons. The second kappa shape index (κ2) is 10.2. The van der Waals surface area contributed by atoms with E-state index in [1.54, 1.807) is 17.8 Å². The Bertz CT molecular complexity index is 1330. The molecule has 1 aliphatic heterocycles. The van der Waals surface area contributed by atoms with Gasteiger partial charge in [0.15, 0.2) is 0 Å². The molecule has 1 saturated carbocycles. The Balaban J connectivity index is 1.38. The van der Waals surface area contributed by atoms with Gasteiger partial charge in [-0.1, -0.05) is 12.1 Å². The SMILES string of the molecule is CC(c1ccc(C(F)(F)F)cc1)N(C(=O)C(=O)Nc1cnc(N)c2cn(C3CCCCO3)nc12)C1CCC1. The van der Waals surface area contributed by atoms with Gasteiger partial charge < -0.3 is 20.7 Å². The summed E-state index contributed by atoms with van der Waals surface area (Å²) in [7, 11) is 0. The van der Waals surface area contributed by atoms with Gasteiger partial charge in [-0.15, -0.1) is 0 Å². The maximum atomic E-state index is 13.4. The predicted molar refractivity (Wildman–Crippen MR) is 134 cm³/mol. The average molecular weight is 531 g/mol. The molecule has 1 saturated heterocycles. The van der Waals surface area contributed by atoms with Crippen LogP contribution in [0.4, 0.5) is 24.7 Å². The maximum absolute atomic E-state index is 13.4. The molecule has 1 aromatic carbocycles. The van der Waals surface area contributed by atoms with Gasteiger partial charge in [0.1, 0.15) is 17.6 Å². The van der Waals surface area contributed by atoms with E-state index in [9.17, 15) is 22.8 Å². The number of halogens is 3. The van der Waals surface area contributed by atoms with Crippen LogP contribution in [0.1, 0.15) is 68.8 Å². The van der Waals surface area contributed by atoms with Crippen LogP contribution in [0.5, 0.6) is 0 Å². The first-order valence-corrected chi connectivity index (χ1v) is 12.7. The zero-order valence-corrected chi connectivity index (χ0v) is 20.9. The zero-order chi connectivity index (χ0) is 27.0. The lowest BCUT2D eigenvalue weighted by atomic mass is 9.89. The molecule has 2 atom stereocenters. The summed E-state index contributed by atoms with van der Waals surface area (Å²) in [4.78, 5) is 32.2. The molecule has 38 heavy (non-hydrogen) atoms. The van der Waals surface area contributed by atoms with E-state index in [4.69, 9.17) is 10.5 Å². The van der Waals surface area contributed by atoms with Crippen molar-refractivity contribution in [1.82, 2.24) is 19.7 Å². The highest BCUT2D eigenvalue weighted by Crippen LogP contribution is 2.35. The van der Waals surface area contributed by atoms with Gasteiger partial charge in [-0.3, -0.25) is 9.59 Å². The van der Waals surface area contributed by atoms with Crippen LogP contribution >= 0.6 is 0 Å². The molecular weight excluding hydrogens is 501 g/mol. The summed E-state index contributed by atoms with van der Waals surface area (Å²) in [5.74, 6) is -1.42. The van der Waals surface area contributed by atoms with E-state index >= 15 is 0 Å². The number of benzene rings is 1. The van der Waals surface area contributed by atoms with Crippen LogP contribution in [0.2, 0.25) is 0 Å². The van der Waals surface area contributed by atoms with Gasteiger partial charge in [-0.25, -0.2) is 9.67 Å². The number of anilines is 2. The van der Waals surface area contributed by atoms with Crippen molar-refractivity contribution in [3.8, 4) is 0 Å². The first kappa shape index (κ1) is 26.0. The molecule has 2 amide bonds. The Morgan fingerprint density at radius 1 is 1.16 bits per heavy atom. The highest BCUT2D eigenvalue weighted by molar-refractivity contribution is 6.40. The van der Waals surface area contributed by atoms with Crippen LogP contribution in [0.3, 0.4) is 0 Å². The number of rotatable bonds is 5. The minimum absolute atomic E-state index is 0.183. The van der Waals surface area contributed by atoms with Gasteiger partial charge in [-0.05, 0) is 63.1 Å². The Kier molecular flexibility index (Phi) is 6.99. The fourth-order valence-corrected chi connectivity index (χ4v) is 4.94. The lowest BCUT2D eigenvalue weighted by Gasteiger charge is -2.41. The molecule has 0 spiro atoms. The van der Waals surface area contributed by atoms with Crippen molar-refractivity contribution in [3.05, 3.63) is 47.8 Å². The minimum atomic E-state index is -4.46. The van der Waals surface area contributed by atoms with E-state index < -0.39 is 29.6 Å². The molecule has 0 radical (unpaired) electrons. The Morgan fingerprint density at radius 2 is 1.89 bits per heavy atom. The van der Waals surface area contributed by atoms with Crippen LogP contribution in [0, 0.1) is 0 Å². The van der Waals surface area contributed by atoms with Crippen molar-refractivity contribution < 1.29 is 27.5 Å². The van der Waals surface area contributed by atoms with Gasteiger partial charge in [0.05, 0.1) is 28.9 Å². The molecule has 3 N–H and O–H groups in total. The monoisotopic (exact) mass is 530 g/mol. The summed E-state index contributed by atoms with van der Waals surface area (Å²) in [6, 6.07) is 3.87. The van der Waals surface area contributed by atoms with Crippen molar-refractivity contribution in [2.24, 2.45) is 0 Å². The van der Waals surface area contributed by atoms with Crippen LogP contribution in [0.15, 0.2) is 36.7 Å². The topological polar surface area (TPSA) is 115 Å². The molecule has 9 nitrogen and oxygen atoms in total. The number of carbonyl (C=O) groups is 2. The number of nitrogens with two attached hydrogens (primary N) is 1. The molecule has 3 aromatic rings. The quantitative estimate of drug-likeness (QED) is 0.458. The average Bonchev–Trinajstić information content (AvgIpc) is 3.34. The largest absolute Gasteiger partial charge is 0.416 e. The third-order valence-electron chi connectivity index (χ3n) is 7.33. The number of nitrogens with zero attached hydrogens (tertiary/aromatic N) is 4. The van der Waals surface area contributed by atoms with E-state index in [0.29, 0.717) is 35.9 Å². The fourth-order valence-electron chi connectivity index (χ4n) is 4.94. The molecule has 12 heteroatoms. The van der Waals surface area contributed by atoms with Crippen LogP contribution in [0.25, 0.3) is 10.9 Å². The fraction of sp³-hybridized carbons (Fsp3) is 0.462. The third-order valence-corrected chi connectivity index (χ3v) is 7.33. The number of hydrogen-bond acceptors (Lipinski definition) is 6. The van der Waals surface area contributed by atoms with Crippen molar-refractivity contribution in [3.63, 3.8) is 0 Å². The second-order valence-electron chi connectivity index (χ2n) is 9.80. The number of ether oxygens (including phenoxy) is 1. The van der Waals surface area contributed by atoms with Crippen LogP contribution in [-0.2, 0) is 20.5 Å². The summed E-state index contributed by atoms with van der Waals surface area (Å²) in [6.07, 6.45) is 3.46. The highest BCUT2D eigenvalue weighted by Gasteiger charge is 2.37. The molecule has 1 aliphatic carbocycles. The standard InChI is InChI=1S/C26H29F3N6O3/c1-15(16-8-10-17(11-9-16)26(27,28)29)35(18-5-4-6-18)25(37)24(36)32-20-13-31-23(30)19-14-34(33-22(19)20)21-7-2-3-12-38-21/h8-11,13-15,18,21H,2-7,12H2,1H3,(H2,30,31)(H,32,36). The predicted octanol–water partition coefficient (Wildman–Crippen LogP) is 4.81.